The summed E-state index contributed by atoms with van der Waals surface area (Å²) < 4.78 is 0. The minimum atomic E-state index is -0.931. The van der Waals surface area contributed by atoms with Crippen LogP contribution in [0.4, 0.5) is 5.82 Å². The molecule has 1 heterocycles. The molecule has 20 heavy (non-hydrogen) atoms. The monoisotopic (exact) mass is 273 g/mol. The number of fused-ring (bicyclic) bond motifs is 1. The molecule has 0 fully saturated rings. The molecule has 2 aromatic rings. The zero-order valence-electron chi connectivity index (χ0n) is 11.9. The molecule has 106 valence electrons. The van der Waals surface area contributed by atoms with Crippen molar-refractivity contribution < 1.29 is 9.90 Å². The van der Waals surface area contributed by atoms with Gasteiger partial charge in [-0.1, -0.05) is 6.07 Å². The Morgan fingerprint density at radius 1 is 1.35 bits per heavy atom. The standard InChI is InChI=1S/C15H19N3O2/c1-10(9-18(2)3)16-14-8-7-11-12(15(19)20)5-4-6-13(11)17-14/h4-8,10H,9H2,1-3H3,(H,16,17)(H,19,20). The first-order valence-electron chi connectivity index (χ1n) is 6.51. The number of nitrogens with one attached hydrogen (secondary N) is 1. The van der Waals surface area contributed by atoms with Crippen LogP contribution in [0.15, 0.2) is 30.3 Å². The molecule has 5 heteroatoms. The number of carboxylic acid groups (broad SMARTS) is 1. The molecule has 1 unspecified atom stereocenters. The van der Waals surface area contributed by atoms with Gasteiger partial charge in [-0.2, -0.15) is 0 Å². The van der Waals surface area contributed by atoms with E-state index >= 15 is 0 Å². The molecule has 0 aliphatic rings. The third kappa shape index (κ3) is 3.24. The highest BCUT2D eigenvalue weighted by Crippen LogP contribution is 2.19. The van der Waals surface area contributed by atoms with Crippen LogP contribution < -0.4 is 5.32 Å². The summed E-state index contributed by atoms with van der Waals surface area (Å²) in [6.45, 7) is 2.98. The SMILES string of the molecule is CC(CN(C)C)Nc1ccc2c(C(=O)O)cccc2n1. The van der Waals surface area contributed by atoms with Crippen LogP contribution in [0.5, 0.6) is 0 Å². The first-order valence-corrected chi connectivity index (χ1v) is 6.51. The highest BCUT2D eigenvalue weighted by atomic mass is 16.4. The Bertz CT molecular complexity index is 626. The van der Waals surface area contributed by atoms with Crippen LogP contribution in [0.1, 0.15) is 17.3 Å². The number of benzene rings is 1. The van der Waals surface area contributed by atoms with Crippen molar-refractivity contribution in [3.05, 3.63) is 35.9 Å². The summed E-state index contributed by atoms with van der Waals surface area (Å²) in [7, 11) is 4.04. The maximum Gasteiger partial charge on any atom is 0.336 e. The zero-order chi connectivity index (χ0) is 14.7. The van der Waals surface area contributed by atoms with Gasteiger partial charge in [0.2, 0.25) is 0 Å². The van der Waals surface area contributed by atoms with Gasteiger partial charge in [-0.15, -0.1) is 0 Å². The average Bonchev–Trinajstić information content (AvgIpc) is 2.36. The second-order valence-electron chi connectivity index (χ2n) is 5.18. The van der Waals surface area contributed by atoms with Gasteiger partial charge in [0.25, 0.3) is 0 Å². The van der Waals surface area contributed by atoms with Crippen LogP contribution >= 0.6 is 0 Å². The predicted octanol–water partition coefficient (Wildman–Crippen LogP) is 2.30. The number of nitrogens with zero attached hydrogens (tertiary/aromatic N) is 2. The number of pyridine rings is 1. The molecular formula is C15H19N3O2. The fourth-order valence-electron chi connectivity index (χ4n) is 2.27. The lowest BCUT2D eigenvalue weighted by Crippen LogP contribution is -2.29. The van der Waals surface area contributed by atoms with Crippen molar-refractivity contribution in [1.29, 1.82) is 0 Å². The lowest BCUT2D eigenvalue weighted by Gasteiger charge is -2.19. The van der Waals surface area contributed by atoms with Gasteiger partial charge >= 0.3 is 5.97 Å². The van der Waals surface area contributed by atoms with Crippen molar-refractivity contribution in [1.82, 2.24) is 9.88 Å². The van der Waals surface area contributed by atoms with Crippen LogP contribution in [-0.2, 0) is 0 Å². The number of hydrogen-bond donors (Lipinski definition) is 2. The zero-order valence-corrected chi connectivity index (χ0v) is 11.9. The van der Waals surface area contributed by atoms with E-state index < -0.39 is 5.97 Å². The third-order valence-electron chi connectivity index (χ3n) is 3.00. The lowest BCUT2D eigenvalue weighted by atomic mass is 10.1. The van der Waals surface area contributed by atoms with Gasteiger partial charge in [0.05, 0.1) is 11.1 Å². The first kappa shape index (κ1) is 14.3. The Morgan fingerprint density at radius 2 is 2.10 bits per heavy atom. The summed E-state index contributed by atoms with van der Waals surface area (Å²) in [5.74, 6) is -0.173. The van der Waals surface area contributed by atoms with Crippen molar-refractivity contribution in [2.24, 2.45) is 0 Å². The van der Waals surface area contributed by atoms with Crippen molar-refractivity contribution in [2.45, 2.75) is 13.0 Å². The summed E-state index contributed by atoms with van der Waals surface area (Å²) >= 11 is 0. The van der Waals surface area contributed by atoms with Gasteiger partial charge in [0.15, 0.2) is 0 Å². The second kappa shape index (κ2) is 5.88. The molecule has 0 amide bonds. The second-order valence-corrected chi connectivity index (χ2v) is 5.18. The molecular weight excluding hydrogens is 254 g/mol. The Balaban J connectivity index is 2.28. The Kier molecular flexibility index (Phi) is 4.20. The number of aromatic nitrogens is 1. The van der Waals surface area contributed by atoms with E-state index in [1.165, 1.54) is 0 Å². The number of aromatic carboxylic acids is 1. The molecule has 0 saturated carbocycles. The predicted molar refractivity (Wildman–Crippen MR) is 80.3 cm³/mol. The minimum absolute atomic E-state index is 0.262. The van der Waals surface area contributed by atoms with Gasteiger partial charge in [0, 0.05) is 18.0 Å². The van der Waals surface area contributed by atoms with E-state index in [4.69, 9.17) is 5.11 Å². The van der Waals surface area contributed by atoms with Crippen molar-refractivity contribution in [3.63, 3.8) is 0 Å². The maximum absolute atomic E-state index is 11.1. The largest absolute Gasteiger partial charge is 0.478 e. The Labute approximate surface area is 118 Å². The van der Waals surface area contributed by atoms with E-state index in [9.17, 15) is 4.79 Å². The molecule has 1 aromatic heterocycles. The number of likely N-dealkylation sites (N-methyl/N-ethyl adjacent to an activating group) is 1. The number of anilines is 1. The van der Waals surface area contributed by atoms with E-state index in [0.717, 1.165) is 12.4 Å². The molecule has 1 aromatic carbocycles. The quantitative estimate of drug-likeness (QED) is 0.875. The molecule has 0 spiro atoms. The number of carboxylic acids is 1. The highest BCUT2D eigenvalue weighted by Gasteiger charge is 2.10. The lowest BCUT2D eigenvalue weighted by molar-refractivity contribution is 0.0699. The molecule has 2 N–H and O–H groups in total. The summed E-state index contributed by atoms with van der Waals surface area (Å²) in [5, 5.41) is 13.1. The van der Waals surface area contributed by atoms with Gasteiger partial charge < -0.3 is 15.3 Å². The number of carbonyl (C=O) groups is 1. The summed E-state index contributed by atoms with van der Waals surface area (Å²) in [6, 6.07) is 9.01. The van der Waals surface area contributed by atoms with Crippen LogP contribution in [0.25, 0.3) is 10.9 Å². The summed E-state index contributed by atoms with van der Waals surface area (Å²) in [6.07, 6.45) is 0. The summed E-state index contributed by atoms with van der Waals surface area (Å²) in [5.41, 5.74) is 0.967. The van der Waals surface area contributed by atoms with E-state index in [1.807, 2.05) is 26.2 Å². The molecule has 0 radical (unpaired) electrons. The van der Waals surface area contributed by atoms with Crippen LogP contribution in [-0.4, -0.2) is 47.6 Å². The van der Waals surface area contributed by atoms with Crippen LogP contribution in [0.3, 0.4) is 0 Å². The smallest absolute Gasteiger partial charge is 0.336 e. The van der Waals surface area contributed by atoms with E-state index in [0.29, 0.717) is 10.9 Å². The average molecular weight is 273 g/mol. The number of hydrogen-bond acceptors (Lipinski definition) is 4. The first-order chi connectivity index (χ1) is 9.47. The highest BCUT2D eigenvalue weighted by molar-refractivity contribution is 6.02. The van der Waals surface area contributed by atoms with Gasteiger partial charge in [0.1, 0.15) is 5.82 Å². The fraction of sp³-hybridized carbons (Fsp3) is 0.333. The maximum atomic E-state index is 11.1. The molecule has 1 atom stereocenters. The Hall–Kier alpha value is -2.14. The van der Waals surface area contributed by atoms with Crippen LogP contribution in [0.2, 0.25) is 0 Å². The minimum Gasteiger partial charge on any atom is -0.478 e. The third-order valence-corrected chi connectivity index (χ3v) is 3.00. The van der Waals surface area contributed by atoms with Crippen molar-refractivity contribution >= 4 is 22.7 Å². The van der Waals surface area contributed by atoms with Crippen molar-refractivity contribution in [3.8, 4) is 0 Å². The molecule has 5 nitrogen and oxygen atoms in total. The molecule has 0 bridgehead atoms. The van der Waals surface area contributed by atoms with E-state index in [1.54, 1.807) is 18.2 Å². The fourth-order valence-corrected chi connectivity index (χ4v) is 2.27. The molecule has 0 aliphatic carbocycles. The summed E-state index contributed by atoms with van der Waals surface area (Å²) in [4.78, 5) is 17.7. The number of rotatable bonds is 5. The normalized spacial score (nSPS) is 12.6. The molecule has 0 saturated heterocycles. The van der Waals surface area contributed by atoms with Gasteiger partial charge in [-0.3, -0.25) is 0 Å². The van der Waals surface area contributed by atoms with Crippen LogP contribution in [0, 0.1) is 0 Å². The molecule has 2 rings (SSSR count). The van der Waals surface area contributed by atoms with E-state index in [2.05, 4.69) is 22.1 Å². The topological polar surface area (TPSA) is 65.5 Å². The van der Waals surface area contributed by atoms with Gasteiger partial charge in [-0.05, 0) is 45.3 Å². The van der Waals surface area contributed by atoms with Crippen molar-refractivity contribution in [2.75, 3.05) is 26.0 Å². The van der Waals surface area contributed by atoms with Gasteiger partial charge in [-0.25, -0.2) is 9.78 Å². The Morgan fingerprint density at radius 3 is 2.75 bits per heavy atom. The molecule has 0 aliphatic heterocycles. The van der Waals surface area contributed by atoms with E-state index in [-0.39, 0.29) is 11.6 Å².